The van der Waals surface area contributed by atoms with Crippen molar-refractivity contribution in [1.29, 1.82) is 0 Å². The van der Waals surface area contributed by atoms with Crippen molar-refractivity contribution in [1.82, 2.24) is 0 Å². The van der Waals surface area contributed by atoms with Gasteiger partial charge in [-0.3, -0.25) is 0 Å². The first-order valence-corrected chi connectivity index (χ1v) is 6.43. The largest absolute Gasteiger partial charge is 0.303 e. The maximum absolute atomic E-state index is 11.5. The molecule has 0 spiro atoms. The first kappa shape index (κ1) is 11.4. The van der Waals surface area contributed by atoms with Gasteiger partial charge >= 0.3 is 0 Å². The molecular formula is C9H9BrO3S. The molecule has 0 heterocycles. The normalized spacial score (nSPS) is 11.2. The van der Waals surface area contributed by atoms with Gasteiger partial charge in [0.15, 0.2) is 9.84 Å². The summed E-state index contributed by atoms with van der Waals surface area (Å²) in [5, 5.41) is 0. The van der Waals surface area contributed by atoms with Gasteiger partial charge in [-0.25, -0.2) is 8.42 Å². The Morgan fingerprint density at radius 3 is 2.29 bits per heavy atom. The van der Waals surface area contributed by atoms with Crippen molar-refractivity contribution >= 4 is 32.1 Å². The molecule has 0 saturated heterocycles. The molecule has 5 heteroatoms. The smallest absolute Gasteiger partial charge is 0.178 e. The molecule has 0 fully saturated rings. The van der Waals surface area contributed by atoms with Crippen LogP contribution in [0.2, 0.25) is 0 Å². The second kappa shape index (κ2) is 4.70. The monoisotopic (exact) mass is 276 g/mol. The van der Waals surface area contributed by atoms with Crippen molar-refractivity contribution in [2.24, 2.45) is 0 Å². The van der Waals surface area contributed by atoms with E-state index in [9.17, 15) is 13.2 Å². The number of aldehydes is 1. The summed E-state index contributed by atoms with van der Waals surface area (Å²) in [7, 11) is -3.29. The lowest BCUT2D eigenvalue weighted by molar-refractivity contribution is -0.107. The summed E-state index contributed by atoms with van der Waals surface area (Å²) < 4.78 is 23.9. The molecule has 76 valence electrons. The Kier molecular flexibility index (Phi) is 3.83. The van der Waals surface area contributed by atoms with Crippen molar-refractivity contribution in [2.75, 3.05) is 5.75 Å². The van der Waals surface area contributed by atoms with E-state index in [1.165, 1.54) is 12.1 Å². The molecule has 0 amide bonds. The summed E-state index contributed by atoms with van der Waals surface area (Å²) in [5.74, 6) is -0.127. The Bertz CT molecular complexity index is 408. The summed E-state index contributed by atoms with van der Waals surface area (Å²) >= 11 is 3.21. The van der Waals surface area contributed by atoms with E-state index >= 15 is 0 Å². The fourth-order valence-corrected chi connectivity index (χ4v) is 2.42. The van der Waals surface area contributed by atoms with Crippen molar-refractivity contribution in [3.8, 4) is 0 Å². The predicted molar refractivity (Wildman–Crippen MR) is 56.9 cm³/mol. The van der Waals surface area contributed by atoms with Crippen LogP contribution in [0.15, 0.2) is 33.6 Å². The molecule has 1 aromatic carbocycles. The molecule has 0 radical (unpaired) electrons. The van der Waals surface area contributed by atoms with Crippen LogP contribution in [0.25, 0.3) is 0 Å². The van der Waals surface area contributed by atoms with E-state index in [4.69, 9.17) is 0 Å². The van der Waals surface area contributed by atoms with Crippen LogP contribution in [-0.4, -0.2) is 20.5 Å². The van der Waals surface area contributed by atoms with E-state index in [1.807, 2.05) is 0 Å². The molecule has 1 rings (SSSR count). The van der Waals surface area contributed by atoms with Gasteiger partial charge in [-0.1, -0.05) is 15.9 Å². The van der Waals surface area contributed by atoms with E-state index in [0.29, 0.717) is 6.29 Å². The number of benzene rings is 1. The summed E-state index contributed by atoms with van der Waals surface area (Å²) in [5.41, 5.74) is 0. The third-order valence-corrected chi connectivity index (χ3v) is 3.97. The Morgan fingerprint density at radius 1 is 1.21 bits per heavy atom. The van der Waals surface area contributed by atoms with E-state index in [2.05, 4.69) is 15.9 Å². The fraction of sp³-hybridized carbons (Fsp3) is 0.222. The van der Waals surface area contributed by atoms with Crippen molar-refractivity contribution in [2.45, 2.75) is 11.3 Å². The third-order valence-electron chi connectivity index (χ3n) is 1.68. The van der Waals surface area contributed by atoms with Crippen LogP contribution in [0.1, 0.15) is 6.42 Å². The van der Waals surface area contributed by atoms with Gasteiger partial charge in [0.1, 0.15) is 6.29 Å². The average molecular weight is 277 g/mol. The van der Waals surface area contributed by atoms with Crippen LogP contribution >= 0.6 is 15.9 Å². The van der Waals surface area contributed by atoms with Crippen molar-refractivity contribution < 1.29 is 13.2 Å². The minimum atomic E-state index is -3.29. The molecule has 3 nitrogen and oxygen atoms in total. The maximum Gasteiger partial charge on any atom is 0.178 e. The van der Waals surface area contributed by atoms with Gasteiger partial charge in [-0.15, -0.1) is 0 Å². The topological polar surface area (TPSA) is 51.2 Å². The van der Waals surface area contributed by atoms with Gasteiger partial charge in [0.2, 0.25) is 0 Å². The van der Waals surface area contributed by atoms with Gasteiger partial charge in [0.25, 0.3) is 0 Å². The van der Waals surface area contributed by atoms with Crippen LogP contribution in [0, 0.1) is 0 Å². The highest BCUT2D eigenvalue weighted by molar-refractivity contribution is 9.10. The third kappa shape index (κ3) is 2.92. The molecule has 0 aliphatic heterocycles. The summed E-state index contributed by atoms with van der Waals surface area (Å²) in [4.78, 5) is 10.3. The lowest BCUT2D eigenvalue weighted by Crippen LogP contribution is -2.06. The van der Waals surface area contributed by atoms with E-state index in [-0.39, 0.29) is 17.1 Å². The van der Waals surface area contributed by atoms with Crippen molar-refractivity contribution in [3.63, 3.8) is 0 Å². The van der Waals surface area contributed by atoms with E-state index < -0.39 is 9.84 Å². The maximum atomic E-state index is 11.5. The molecule has 0 aromatic heterocycles. The highest BCUT2D eigenvalue weighted by atomic mass is 79.9. The second-order valence-corrected chi connectivity index (χ2v) is 5.75. The highest BCUT2D eigenvalue weighted by Crippen LogP contribution is 2.16. The van der Waals surface area contributed by atoms with Gasteiger partial charge < -0.3 is 4.79 Å². The Morgan fingerprint density at radius 2 is 1.79 bits per heavy atom. The molecule has 1 aromatic rings. The first-order valence-electron chi connectivity index (χ1n) is 3.98. The molecule has 0 saturated carbocycles. The number of rotatable bonds is 4. The van der Waals surface area contributed by atoms with Crippen LogP contribution in [-0.2, 0) is 14.6 Å². The number of carbonyl (C=O) groups excluding carboxylic acids is 1. The molecule has 14 heavy (non-hydrogen) atoms. The molecule has 0 bridgehead atoms. The number of halogens is 1. The van der Waals surface area contributed by atoms with Gasteiger partial charge in [-0.05, 0) is 24.3 Å². The van der Waals surface area contributed by atoms with Gasteiger partial charge in [0, 0.05) is 10.9 Å². The summed E-state index contributed by atoms with van der Waals surface area (Å²) in [6, 6.07) is 6.36. The average Bonchev–Trinajstić information content (AvgIpc) is 2.16. The molecule has 0 aliphatic carbocycles. The van der Waals surface area contributed by atoms with Gasteiger partial charge in [0.05, 0.1) is 10.6 Å². The minimum Gasteiger partial charge on any atom is -0.303 e. The Balaban J connectivity index is 2.93. The fourth-order valence-electron chi connectivity index (χ4n) is 0.963. The second-order valence-electron chi connectivity index (χ2n) is 2.73. The zero-order valence-electron chi connectivity index (χ0n) is 7.31. The number of sulfone groups is 1. The molecule has 0 aliphatic rings. The molecule has 0 atom stereocenters. The zero-order valence-corrected chi connectivity index (χ0v) is 9.71. The number of hydrogen-bond donors (Lipinski definition) is 0. The SMILES string of the molecule is O=CCCS(=O)(=O)c1ccc(Br)cc1. The quantitative estimate of drug-likeness (QED) is 0.789. The predicted octanol–water partition coefficient (Wildman–Crippen LogP) is 1.81. The van der Waals surface area contributed by atoms with Crippen molar-refractivity contribution in [3.05, 3.63) is 28.7 Å². The van der Waals surface area contributed by atoms with Crippen LogP contribution in [0.4, 0.5) is 0 Å². The lowest BCUT2D eigenvalue weighted by Gasteiger charge is -2.01. The lowest BCUT2D eigenvalue weighted by atomic mass is 10.4. The van der Waals surface area contributed by atoms with E-state index in [1.54, 1.807) is 12.1 Å². The molecular weight excluding hydrogens is 268 g/mol. The highest BCUT2D eigenvalue weighted by Gasteiger charge is 2.12. The summed E-state index contributed by atoms with van der Waals surface area (Å²) in [6.45, 7) is 0. The number of hydrogen-bond acceptors (Lipinski definition) is 3. The van der Waals surface area contributed by atoms with Crippen LogP contribution < -0.4 is 0 Å². The van der Waals surface area contributed by atoms with Crippen LogP contribution in [0.5, 0.6) is 0 Å². The van der Waals surface area contributed by atoms with E-state index in [0.717, 1.165) is 4.47 Å². The molecule has 0 unspecified atom stereocenters. The van der Waals surface area contributed by atoms with Crippen LogP contribution in [0.3, 0.4) is 0 Å². The first-order chi connectivity index (χ1) is 6.56. The Labute approximate surface area is 91.2 Å². The standard InChI is InChI=1S/C9H9BrO3S/c10-8-2-4-9(5-3-8)14(12,13)7-1-6-11/h2-6H,1,7H2. The summed E-state index contributed by atoms with van der Waals surface area (Å²) in [6.07, 6.45) is 0.648. The Hall–Kier alpha value is -0.680. The zero-order chi connectivity index (χ0) is 10.6. The number of carbonyl (C=O) groups is 1. The molecule has 0 N–H and O–H groups in total. The minimum absolute atomic E-state index is 0.0401. The van der Waals surface area contributed by atoms with Gasteiger partial charge in [-0.2, -0.15) is 0 Å².